The predicted molar refractivity (Wildman–Crippen MR) is 112 cm³/mol. The Bertz CT molecular complexity index is 983. The van der Waals surface area contributed by atoms with Crippen LogP contribution < -0.4 is 9.64 Å². The van der Waals surface area contributed by atoms with Crippen LogP contribution in [0.5, 0.6) is 5.75 Å². The molecule has 1 aliphatic heterocycles. The fourth-order valence-corrected chi connectivity index (χ4v) is 4.09. The number of benzene rings is 2. The lowest BCUT2D eigenvalue weighted by Gasteiger charge is -2.39. The lowest BCUT2D eigenvalue weighted by molar-refractivity contribution is -0.120. The van der Waals surface area contributed by atoms with E-state index >= 15 is 0 Å². The third-order valence-corrected chi connectivity index (χ3v) is 5.36. The largest absolute Gasteiger partial charge is 0.496 e. The molecular formula is C23H26N4O2. The monoisotopic (exact) mass is 390 g/mol. The van der Waals surface area contributed by atoms with Crippen LogP contribution >= 0.6 is 0 Å². The van der Waals surface area contributed by atoms with Crippen molar-refractivity contribution in [2.75, 3.05) is 12.0 Å². The quantitative estimate of drug-likeness (QED) is 0.648. The summed E-state index contributed by atoms with van der Waals surface area (Å²) in [5.74, 6) is 1.74. The molecule has 4 rings (SSSR count). The number of amides is 1. The maximum absolute atomic E-state index is 13.2. The Labute approximate surface area is 171 Å². The molecule has 2 atom stereocenters. The first-order valence-corrected chi connectivity index (χ1v) is 9.99. The second kappa shape index (κ2) is 8.07. The summed E-state index contributed by atoms with van der Waals surface area (Å²) in [6, 6.07) is 18.0. The molecule has 0 unspecified atom stereocenters. The molecule has 1 aromatic heterocycles. The number of anilines is 1. The van der Waals surface area contributed by atoms with E-state index in [0.29, 0.717) is 18.8 Å². The van der Waals surface area contributed by atoms with Gasteiger partial charge in [-0.3, -0.25) is 9.69 Å². The van der Waals surface area contributed by atoms with Gasteiger partial charge in [0, 0.05) is 12.0 Å². The molecule has 0 fully saturated rings. The lowest BCUT2D eigenvalue weighted by atomic mass is 9.91. The number of hydrogen-bond acceptors (Lipinski definition) is 4. The summed E-state index contributed by atoms with van der Waals surface area (Å²) in [5.41, 5.74) is 2.14. The normalized spacial score (nSPS) is 18.6. The Hall–Kier alpha value is -3.15. The summed E-state index contributed by atoms with van der Waals surface area (Å²) in [7, 11) is 1.68. The van der Waals surface area contributed by atoms with Crippen molar-refractivity contribution in [1.29, 1.82) is 0 Å². The standard InChI is InChI=1S/C23H26N4O2/c1-16(2)13-22(28)26-19(17-9-5-4-6-10-17)14-20(27-23(26)24-15-25-27)18-11-7-8-12-21(18)29-3/h4-12,15-16,19-20H,13-14H2,1-3H3/t19-,20+/m1/s1. The van der Waals surface area contributed by atoms with Gasteiger partial charge in [0.15, 0.2) is 0 Å². The van der Waals surface area contributed by atoms with Gasteiger partial charge in [-0.15, -0.1) is 0 Å². The van der Waals surface area contributed by atoms with Gasteiger partial charge in [0.05, 0.1) is 19.2 Å². The molecule has 6 heteroatoms. The highest BCUT2D eigenvalue weighted by atomic mass is 16.5. The van der Waals surface area contributed by atoms with Crippen LogP contribution in [0.1, 0.15) is 49.9 Å². The molecular weight excluding hydrogens is 364 g/mol. The number of para-hydroxylation sites is 1. The van der Waals surface area contributed by atoms with Crippen molar-refractivity contribution >= 4 is 11.9 Å². The topological polar surface area (TPSA) is 60.2 Å². The van der Waals surface area contributed by atoms with E-state index in [9.17, 15) is 4.79 Å². The summed E-state index contributed by atoms with van der Waals surface area (Å²) in [6.45, 7) is 4.11. The smallest absolute Gasteiger partial charge is 0.231 e. The maximum atomic E-state index is 13.2. The maximum Gasteiger partial charge on any atom is 0.231 e. The number of ether oxygens (including phenoxy) is 1. The van der Waals surface area contributed by atoms with Crippen LogP contribution in [0, 0.1) is 5.92 Å². The van der Waals surface area contributed by atoms with Crippen molar-refractivity contribution in [3.8, 4) is 5.75 Å². The zero-order chi connectivity index (χ0) is 20.4. The van der Waals surface area contributed by atoms with Gasteiger partial charge in [-0.2, -0.15) is 10.1 Å². The van der Waals surface area contributed by atoms with E-state index in [0.717, 1.165) is 16.9 Å². The van der Waals surface area contributed by atoms with E-state index in [1.54, 1.807) is 7.11 Å². The summed E-state index contributed by atoms with van der Waals surface area (Å²) < 4.78 is 7.47. The van der Waals surface area contributed by atoms with Gasteiger partial charge in [-0.25, -0.2) is 4.68 Å². The third-order valence-electron chi connectivity index (χ3n) is 5.36. The average Bonchev–Trinajstić information content (AvgIpc) is 3.22. The van der Waals surface area contributed by atoms with E-state index in [1.807, 2.05) is 46.0 Å². The molecule has 0 saturated carbocycles. The molecule has 2 aromatic carbocycles. The Morgan fingerprint density at radius 2 is 1.83 bits per heavy atom. The summed E-state index contributed by atoms with van der Waals surface area (Å²) in [6.07, 6.45) is 2.70. The number of hydrogen-bond donors (Lipinski definition) is 0. The first-order valence-electron chi connectivity index (χ1n) is 9.99. The van der Waals surface area contributed by atoms with Crippen LogP contribution in [0.3, 0.4) is 0 Å². The van der Waals surface area contributed by atoms with Crippen LogP contribution in [0.25, 0.3) is 0 Å². The molecule has 29 heavy (non-hydrogen) atoms. The van der Waals surface area contributed by atoms with E-state index in [1.165, 1.54) is 6.33 Å². The molecule has 6 nitrogen and oxygen atoms in total. The highest BCUT2D eigenvalue weighted by Gasteiger charge is 2.40. The second-order valence-corrected chi connectivity index (χ2v) is 7.79. The van der Waals surface area contributed by atoms with E-state index in [-0.39, 0.29) is 23.9 Å². The molecule has 1 amide bonds. The van der Waals surface area contributed by atoms with E-state index in [2.05, 4.69) is 42.1 Å². The number of fused-ring (bicyclic) bond motifs is 1. The summed E-state index contributed by atoms with van der Waals surface area (Å²) in [4.78, 5) is 19.6. The molecule has 3 aromatic rings. The first-order chi connectivity index (χ1) is 14.1. The van der Waals surface area contributed by atoms with Crippen LogP contribution in [-0.2, 0) is 4.79 Å². The number of carbonyl (C=O) groups excluding carboxylic acids is 1. The van der Waals surface area contributed by atoms with Crippen LogP contribution in [0.15, 0.2) is 60.9 Å². The molecule has 0 radical (unpaired) electrons. The number of rotatable bonds is 5. The SMILES string of the molecule is COc1ccccc1[C@@H]1C[C@H](c2ccccc2)N(C(=O)CC(C)C)c2ncnn21. The van der Waals surface area contributed by atoms with Crippen molar-refractivity contribution in [3.05, 3.63) is 72.1 Å². The van der Waals surface area contributed by atoms with Crippen molar-refractivity contribution in [1.82, 2.24) is 14.8 Å². The van der Waals surface area contributed by atoms with Gasteiger partial charge in [-0.05, 0) is 24.0 Å². The predicted octanol–water partition coefficient (Wildman–Crippen LogP) is 4.40. The number of methoxy groups -OCH3 is 1. The van der Waals surface area contributed by atoms with Gasteiger partial charge in [-0.1, -0.05) is 62.4 Å². The van der Waals surface area contributed by atoms with Crippen LogP contribution in [-0.4, -0.2) is 27.8 Å². The van der Waals surface area contributed by atoms with E-state index < -0.39 is 0 Å². The van der Waals surface area contributed by atoms with Crippen LogP contribution in [0.4, 0.5) is 5.95 Å². The minimum atomic E-state index is -0.117. The van der Waals surface area contributed by atoms with Crippen molar-refractivity contribution in [2.24, 2.45) is 5.92 Å². The fraction of sp³-hybridized carbons (Fsp3) is 0.348. The number of carbonyl (C=O) groups is 1. The zero-order valence-corrected chi connectivity index (χ0v) is 17.0. The summed E-state index contributed by atoms with van der Waals surface area (Å²) >= 11 is 0. The Balaban J connectivity index is 1.84. The second-order valence-electron chi connectivity index (χ2n) is 7.79. The summed E-state index contributed by atoms with van der Waals surface area (Å²) in [5, 5.41) is 4.49. The Morgan fingerprint density at radius 3 is 2.55 bits per heavy atom. The van der Waals surface area contributed by atoms with E-state index in [4.69, 9.17) is 4.74 Å². The number of aromatic nitrogens is 3. The number of nitrogens with zero attached hydrogens (tertiary/aromatic N) is 4. The Kier molecular flexibility index (Phi) is 5.34. The van der Waals surface area contributed by atoms with Crippen molar-refractivity contribution < 1.29 is 9.53 Å². The molecule has 0 N–H and O–H groups in total. The highest BCUT2D eigenvalue weighted by Crippen LogP contribution is 2.44. The van der Waals surface area contributed by atoms with Gasteiger partial charge in [0.2, 0.25) is 11.9 Å². The lowest BCUT2D eigenvalue weighted by Crippen LogP contribution is -2.43. The molecule has 150 valence electrons. The zero-order valence-electron chi connectivity index (χ0n) is 17.0. The fourth-order valence-electron chi connectivity index (χ4n) is 4.09. The highest BCUT2D eigenvalue weighted by molar-refractivity contribution is 5.93. The van der Waals surface area contributed by atoms with Gasteiger partial charge in [0.25, 0.3) is 0 Å². The minimum Gasteiger partial charge on any atom is -0.496 e. The first kappa shape index (κ1) is 19.2. The third kappa shape index (κ3) is 3.62. The molecule has 0 saturated heterocycles. The van der Waals surface area contributed by atoms with Gasteiger partial charge >= 0.3 is 0 Å². The van der Waals surface area contributed by atoms with Crippen molar-refractivity contribution in [3.63, 3.8) is 0 Å². The molecule has 0 aliphatic carbocycles. The molecule has 1 aliphatic rings. The molecule has 0 spiro atoms. The molecule has 0 bridgehead atoms. The van der Waals surface area contributed by atoms with Gasteiger partial charge < -0.3 is 4.74 Å². The average molecular weight is 390 g/mol. The Morgan fingerprint density at radius 1 is 1.10 bits per heavy atom. The molecule has 2 heterocycles. The van der Waals surface area contributed by atoms with Gasteiger partial charge in [0.1, 0.15) is 12.1 Å². The van der Waals surface area contributed by atoms with Crippen molar-refractivity contribution in [2.45, 2.75) is 38.8 Å². The van der Waals surface area contributed by atoms with Crippen LogP contribution in [0.2, 0.25) is 0 Å². The minimum absolute atomic E-state index is 0.0709.